The van der Waals surface area contributed by atoms with Gasteiger partial charge in [0.1, 0.15) is 10.8 Å². The SMILES string of the molecule is CN=C(NCc1ncc(C)s1)NCc1ccc(Br)cc1F.I. The van der Waals surface area contributed by atoms with Crippen LogP contribution in [0.4, 0.5) is 4.39 Å². The van der Waals surface area contributed by atoms with Gasteiger partial charge < -0.3 is 10.6 Å². The molecule has 0 saturated carbocycles. The van der Waals surface area contributed by atoms with Crippen LogP contribution in [-0.4, -0.2) is 18.0 Å². The molecule has 22 heavy (non-hydrogen) atoms. The van der Waals surface area contributed by atoms with E-state index in [1.165, 1.54) is 10.9 Å². The Hall–Kier alpha value is -0.740. The summed E-state index contributed by atoms with van der Waals surface area (Å²) in [6, 6.07) is 5.00. The molecule has 0 aliphatic carbocycles. The number of guanidine groups is 1. The molecule has 1 aromatic heterocycles. The van der Waals surface area contributed by atoms with Crippen molar-refractivity contribution in [2.24, 2.45) is 4.99 Å². The third-order valence-electron chi connectivity index (χ3n) is 2.76. The third kappa shape index (κ3) is 5.81. The number of hydrogen-bond acceptors (Lipinski definition) is 3. The highest BCUT2D eigenvalue weighted by Crippen LogP contribution is 2.15. The maximum atomic E-state index is 13.7. The highest BCUT2D eigenvalue weighted by Gasteiger charge is 2.05. The van der Waals surface area contributed by atoms with Gasteiger partial charge in [-0.05, 0) is 19.1 Å². The van der Waals surface area contributed by atoms with Crippen LogP contribution in [0.1, 0.15) is 15.4 Å². The predicted octanol–water partition coefficient (Wildman–Crippen LogP) is 3.84. The first-order valence-electron chi connectivity index (χ1n) is 6.38. The topological polar surface area (TPSA) is 49.3 Å². The molecule has 0 atom stereocenters. The van der Waals surface area contributed by atoms with Crippen molar-refractivity contribution in [3.05, 3.63) is 50.1 Å². The fourth-order valence-electron chi connectivity index (χ4n) is 1.71. The van der Waals surface area contributed by atoms with Gasteiger partial charge >= 0.3 is 0 Å². The van der Waals surface area contributed by atoms with Crippen molar-refractivity contribution in [2.45, 2.75) is 20.0 Å². The van der Waals surface area contributed by atoms with E-state index in [0.717, 1.165) is 9.48 Å². The molecular formula is C14H17BrFIN4S. The van der Waals surface area contributed by atoms with Crippen molar-refractivity contribution in [3.63, 3.8) is 0 Å². The standard InChI is InChI=1S/C14H16BrFN4S.HI/c1-9-6-18-13(21-9)8-20-14(17-2)19-7-10-3-4-11(15)5-12(10)16;/h3-6H,7-8H2,1-2H3,(H2,17,19,20);1H. The van der Waals surface area contributed by atoms with Gasteiger partial charge in [0.25, 0.3) is 0 Å². The Bertz CT molecular complexity index is 648. The molecule has 2 aromatic rings. The quantitative estimate of drug-likeness (QED) is 0.382. The first kappa shape index (κ1) is 19.3. The van der Waals surface area contributed by atoms with Crippen LogP contribution >= 0.6 is 51.2 Å². The van der Waals surface area contributed by atoms with Crippen LogP contribution in [-0.2, 0) is 13.1 Å². The van der Waals surface area contributed by atoms with Crippen molar-refractivity contribution >= 4 is 57.2 Å². The number of aliphatic imine (C=N–C) groups is 1. The van der Waals surface area contributed by atoms with E-state index in [2.05, 4.69) is 36.5 Å². The number of rotatable bonds is 4. The molecular weight excluding hydrogens is 482 g/mol. The minimum Gasteiger partial charge on any atom is -0.352 e. The van der Waals surface area contributed by atoms with Gasteiger partial charge in [0.15, 0.2) is 5.96 Å². The highest BCUT2D eigenvalue weighted by molar-refractivity contribution is 14.0. The number of nitrogens with one attached hydrogen (secondary N) is 2. The van der Waals surface area contributed by atoms with E-state index in [1.807, 2.05) is 19.2 Å². The van der Waals surface area contributed by atoms with Crippen molar-refractivity contribution in [1.29, 1.82) is 0 Å². The van der Waals surface area contributed by atoms with Crippen molar-refractivity contribution < 1.29 is 4.39 Å². The molecule has 2 rings (SSSR count). The second kappa shape index (κ2) is 9.41. The van der Waals surface area contributed by atoms with Crippen LogP contribution in [0, 0.1) is 12.7 Å². The van der Waals surface area contributed by atoms with E-state index in [-0.39, 0.29) is 29.8 Å². The smallest absolute Gasteiger partial charge is 0.191 e. The van der Waals surface area contributed by atoms with Gasteiger partial charge in [0.05, 0.1) is 6.54 Å². The summed E-state index contributed by atoms with van der Waals surface area (Å²) in [6.45, 7) is 2.99. The minimum absolute atomic E-state index is 0. The molecule has 0 aliphatic rings. The van der Waals surface area contributed by atoms with E-state index >= 15 is 0 Å². The lowest BCUT2D eigenvalue weighted by Gasteiger charge is -2.11. The lowest BCUT2D eigenvalue weighted by molar-refractivity contribution is 0.603. The third-order valence-corrected chi connectivity index (χ3v) is 4.17. The van der Waals surface area contributed by atoms with Gasteiger partial charge in [0.2, 0.25) is 0 Å². The lowest BCUT2D eigenvalue weighted by atomic mass is 10.2. The molecule has 1 aromatic carbocycles. The van der Waals surface area contributed by atoms with Crippen molar-refractivity contribution in [1.82, 2.24) is 15.6 Å². The zero-order valence-corrected chi connectivity index (χ0v) is 16.9. The lowest BCUT2D eigenvalue weighted by Crippen LogP contribution is -2.36. The Labute approximate surface area is 158 Å². The zero-order valence-electron chi connectivity index (χ0n) is 12.2. The molecule has 2 N–H and O–H groups in total. The summed E-state index contributed by atoms with van der Waals surface area (Å²) in [5.41, 5.74) is 0.589. The molecule has 0 saturated heterocycles. The van der Waals surface area contributed by atoms with Crippen LogP contribution in [0.25, 0.3) is 0 Å². The van der Waals surface area contributed by atoms with Crippen LogP contribution in [0.2, 0.25) is 0 Å². The molecule has 0 bridgehead atoms. The van der Waals surface area contributed by atoms with Crippen molar-refractivity contribution in [3.8, 4) is 0 Å². The number of halogens is 3. The average molecular weight is 499 g/mol. The molecule has 0 amide bonds. The molecule has 0 radical (unpaired) electrons. The summed E-state index contributed by atoms with van der Waals surface area (Å²) in [4.78, 5) is 9.56. The maximum Gasteiger partial charge on any atom is 0.191 e. The summed E-state index contributed by atoms with van der Waals surface area (Å²) in [7, 11) is 1.68. The second-order valence-corrected chi connectivity index (χ2v) is 6.61. The van der Waals surface area contributed by atoms with Crippen molar-refractivity contribution in [2.75, 3.05) is 7.05 Å². The Morgan fingerprint density at radius 1 is 1.36 bits per heavy atom. The molecule has 120 valence electrons. The van der Waals surface area contributed by atoms with Gasteiger partial charge in [-0.1, -0.05) is 22.0 Å². The number of hydrogen-bond donors (Lipinski definition) is 2. The van der Waals surface area contributed by atoms with E-state index in [1.54, 1.807) is 24.5 Å². The second-order valence-electron chi connectivity index (χ2n) is 4.38. The number of thiazole rings is 1. The van der Waals surface area contributed by atoms with Crippen LogP contribution in [0.15, 0.2) is 33.9 Å². The van der Waals surface area contributed by atoms with Gasteiger partial charge in [-0.25, -0.2) is 9.37 Å². The summed E-state index contributed by atoms with van der Waals surface area (Å²) < 4.78 is 14.4. The molecule has 8 heteroatoms. The maximum absolute atomic E-state index is 13.7. The van der Waals surface area contributed by atoms with Crippen LogP contribution in [0.5, 0.6) is 0 Å². The summed E-state index contributed by atoms with van der Waals surface area (Å²) in [5, 5.41) is 7.23. The van der Waals surface area contributed by atoms with Crippen LogP contribution < -0.4 is 10.6 Å². The molecule has 4 nitrogen and oxygen atoms in total. The molecule has 0 spiro atoms. The van der Waals surface area contributed by atoms with Gasteiger partial charge in [-0.2, -0.15) is 0 Å². The number of benzene rings is 1. The summed E-state index contributed by atoms with van der Waals surface area (Å²) >= 11 is 4.88. The fourth-order valence-corrected chi connectivity index (χ4v) is 2.77. The molecule has 0 unspecified atom stereocenters. The molecule has 0 aliphatic heterocycles. The Morgan fingerprint density at radius 2 is 2.09 bits per heavy atom. The van der Waals surface area contributed by atoms with E-state index in [0.29, 0.717) is 24.6 Å². The van der Waals surface area contributed by atoms with Gasteiger partial charge in [0, 0.05) is 34.7 Å². The fraction of sp³-hybridized carbons (Fsp3) is 0.286. The minimum atomic E-state index is -0.247. The zero-order chi connectivity index (χ0) is 15.2. The highest BCUT2D eigenvalue weighted by atomic mass is 127. The average Bonchev–Trinajstić information content (AvgIpc) is 2.86. The number of aryl methyl sites for hydroxylation is 1. The van der Waals surface area contributed by atoms with Crippen LogP contribution in [0.3, 0.4) is 0 Å². The number of nitrogens with zero attached hydrogens (tertiary/aromatic N) is 2. The Balaban J connectivity index is 0.00000242. The van der Waals surface area contributed by atoms with Gasteiger partial charge in [-0.15, -0.1) is 35.3 Å². The number of aromatic nitrogens is 1. The van der Waals surface area contributed by atoms with E-state index < -0.39 is 0 Å². The first-order chi connectivity index (χ1) is 10.1. The normalized spacial score (nSPS) is 11.0. The molecule has 1 heterocycles. The first-order valence-corrected chi connectivity index (χ1v) is 7.99. The molecule has 0 fully saturated rings. The Morgan fingerprint density at radius 3 is 2.68 bits per heavy atom. The Kier molecular flexibility index (Phi) is 8.26. The predicted molar refractivity (Wildman–Crippen MR) is 103 cm³/mol. The summed E-state index contributed by atoms with van der Waals surface area (Å²) in [6.07, 6.45) is 1.84. The monoisotopic (exact) mass is 498 g/mol. The van der Waals surface area contributed by atoms with E-state index in [4.69, 9.17) is 0 Å². The largest absolute Gasteiger partial charge is 0.352 e. The summed E-state index contributed by atoms with van der Waals surface area (Å²) in [5.74, 6) is 0.369. The van der Waals surface area contributed by atoms with Gasteiger partial charge in [-0.3, -0.25) is 4.99 Å². The van der Waals surface area contributed by atoms with E-state index in [9.17, 15) is 4.39 Å².